The van der Waals surface area contributed by atoms with Crippen molar-refractivity contribution in [2.75, 3.05) is 42.8 Å². The molecule has 8 nitrogen and oxygen atoms in total. The van der Waals surface area contributed by atoms with Crippen molar-refractivity contribution in [3.63, 3.8) is 0 Å². The van der Waals surface area contributed by atoms with Crippen LogP contribution in [0.25, 0.3) is 0 Å². The second-order valence-electron chi connectivity index (χ2n) is 6.96. The Kier molecular flexibility index (Phi) is 9.51. The molecular weight excluding hydrogens is 396 g/mol. The fourth-order valence-electron chi connectivity index (χ4n) is 2.78. The maximum Gasteiger partial charge on any atom is 0.251 e. The molecule has 0 aromatic heterocycles. The van der Waals surface area contributed by atoms with E-state index in [9.17, 15) is 14.4 Å². The lowest BCUT2D eigenvalue weighted by molar-refractivity contribution is -0.116. The Morgan fingerprint density at radius 1 is 0.935 bits per heavy atom. The molecule has 0 fully saturated rings. The summed E-state index contributed by atoms with van der Waals surface area (Å²) in [6, 6.07) is 12.3. The Hall–Kier alpha value is -3.39. The van der Waals surface area contributed by atoms with Crippen molar-refractivity contribution in [1.82, 2.24) is 5.32 Å². The van der Waals surface area contributed by atoms with Crippen LogP contribution >= 0.6 is 0 Å². The molecule has 8 heteroatoms. The molecule has 166 valence electrons. The summed E-state index contributed by atoms with van der Waals surface area (Å²) in [5.74, 6) is -0.451. The zero-order chi connectivity index (χ0) is 22.6. The van der Waals surface area contributed by atoms with Crippen LogP contribution in [0.2, 0.25) is 0 Å². The molecule has 0 bridgehead atoms. The highest BCUT2D eigenvalue weighted by Gasteiger charge is 2.10. The molecule has 2 rings (SSSR count). The third-order valence-electron chi connectivity index (χ3n) is 4.61. The summed E-state index contributed by atoms with van der Waals surface area (Å²) in [5.41, 5.74) is 3.38. The Balaban J connectivity index is 1.85. The highest BCUT2D eigenvalue weighted by Crippen LogP contribution is 2.23. The molecule has 0 saturated carbocycles. The summed E-state index contributed by atoms with van der Waals surface area (Å²) in [7, 11) is 1.62. The van der Waals surface area contributed by atoms with E-state index in [4.69, 9.17) is 4.74 Å². The molecule has 2 aromatic rings. The van der Waals surface area contributed by atoms with E-state index in [-0.39, 0.29) is 24.3 Å². The van der Waals surface area contributed by atoms with Gasteiger partial charge in [0.2, 0.25) is 11.8 Å². The quantitative estimate of drug-likeness (QED) is 0.413. The van der Waals surface area contributed by atoms with Crippen LogP contribution in [-0.4, -0.2) is 44.5 Å². The van der Waals surface area contributed by atoms with E-state index >= 15 is 0 Å². The normalized spacial score (nSPS) is 10.3. The fourth-order valence-corrected chi connectivity index (χ4v) is 2.78. The zero-order valence-corrected chi connectivity index (χ0v) is 18.2. The lowest BCUT2D eigenvalue weighted by Gasteiger charge is -2.14. The minimum atomic E-state index is -0.220. The summed E-state index contributed by atoms with van der Waals surface area (Å²) in [6.07, 6.45) is 1.14. The predicted octanol–water partition coefficient (Wildman–Crippen LogP) is 3.16. The van der Waals surface area contributed by atoms with E-state index in [1.807, 2.05) is 6.92 Å². The van der Waals surface area contributed by atoms with Gasteiger partial charge in [-0.05, 0) is 55.3 Å². The molecule has 0 aliphatic rings. The van der Waals surface area contributed by atoms with Crippen molar-refractivity contribution >= 4 is 34.8 Å². The topological polar surface area (TPSA) is 109 Å². The molecule has 0 saturated heterocycles. The number of nitrogens with one attached hydrogen (secondary N) is 4. The molecule has 2 aromatic carbocycles. The first-order chi connectivity index (χ1) is 14.9. The SMILES string of the molecule is CCC(=O)Nc1cccc(NC(=O)CNc2ccc(C(=O)NCCCOC)cc2)c1C. The largest absolute Gasteiger partial charge is 0.385 e. The Bertz CT molecular complexity index is 897. The average molecular weight is 427 g/mol. The number of rotatable bonds is 11. The Morgan fingerprint density at radius 2 is 1.58 bits per heavy atom. The Morgan fingerprint density at radius 3 is 2.19 bits per heavy atom. The number of anilines is 3. The molecule has 0 unspecified atom stereocenters. The third-order valence-corrected chi connectivity index (χ3v) is 4.61. The van der Waals surface area contributed by atoms with Crippen LogP contribution in [-0.2, 0) is 14.3 Å². The van der Waals surface area contributed by atoms with E-state index in [1.165, 1.54) is 0 Å². The molecule has 0 aliphatic carbocycles. The minimum absolute atomic E-state index is 0.0630. The van der Waals surface area contributed by atoms with E-state index in [0.717, 1.165) is 17.7 Å². The number of benzene rings is 2. The molecule has 31 heavy (non-hydrogen) atoms. The minimum Gasteiger partial charge on any atom is -0.385 e. The second kappa shape index (κ2) is 12.3. The van der Waals surface area contributed by atoms with Gasteiger partial charge in [-0.15, -0.1) is 0 Å². The molecule has 0 spiro atoms. The van der Waals surface area contributed by atoms with Crippen molar-refractivity contribution in [1.29, 1.82) is 0 Å². The zero-order valence-electron chi connectivity index (χ0n) is 18.2. The van der Waals surface area contributed by atoms with Gasteiger partial charge in [0.1, 0.15) is 0 Å². The number of methoxy groups -OCH3 is 1. The number of hydrogen-bond acceptors (Lipinski definition) is 5. The lowest BCUT2D eigenvalue weighted by atomic mass is 10.1. The van der Waals surface area contributed by atoms with Crippen molar-refractivity contribution in [2.24, 2.45) is 0 Å². The van der Waals surface area contributed by atoms with Crippen LogP contribution in [0.4, 0.5) is 17.1 Å². The number of amides is 3. The highest BCUT2D eigenvalue weighted by molar-refractivity contribution is 5.97. The van der Waals surface area contributed by atoms with Crippen LogP contribution in [0.15, 0.2) is 42.5 Å². The van der Waals surface area contributed by atoms with Crippen molar-refractivity contribution in [2.45, 2.75) is 26.7 Å². The van der Waals surface area contributed by atoms with Gasteiger partial charge in [0, 0.05) is 49.3 Å². The van der Waals surface area contributed by atoms with Gasteiger partial charge >= 0.3 is 0 Å². The maximum atomic E-state index is 12.3. The first-order valence-corrected chi connectivity index (χ1v) is 10.2. The molecule has 0 heterocycles. The van der Waals surface area contributed by atoms with Gasteiger partial charge in [-0.25, -0.2) is 0 Å². The number of carbonyl (C=O) groups is 3. The van der Waals surface area contributed by atoms with Gasteiger partial charge < -0.3 is 26.0 Å². The first-order valence-electron chi connectivity index (χ1n) is 10.2. The third kappa shape index (κ3) is 7.75. The van der Waals surface area contributed by atoms with E-state index in [0.29, 0.717) is 36.5 Å². The lowest BCUT2D eigenvalue weighted by Crippen LogP contribution is -2.25. The van der Waals surface area contributed by atoms with Crippen molar-refractivity contribution in [3.05, 3.63) is 53.6 Å². The molecule has 0 radical (unpaired) electrons. The monoisotopic (exact) mass is 426 g/mol. The first kappa shape index (κ1) is 23.9. The van der Waals surface area contributed by atoms with Crippen LogP contribution in [0.1, 0.15) is 35.7 Å². The summed E-state index contributed by atoms with van der Waals surface area (Å²) in [5, 5.41) is 11.5. The number of carbonyl (C=O) groups excluding carboxylic acids is 3. The second-order valence-corrected chi connectivity index (χ2v) is 6.96. The molecule has 0 aliphatic heterocycles. The average Bonchev–Trinajstić information content (AvgIpc) is 2.78. The van der Waals surface area contributed by atoms with Gasteiger partial charge in [0.05, 0.1) is 6.54 Å². The van der Waals surface area contributed by atoms with Gasteiger partial charge in [-0.1, -0.05) is 13.0 Å². The molecule has 3 amide bonds. The van der Waals surface area contributed by atoms with Gasteiger partial charge in [0.15, 0.2) is 0 Å². The van der Waals surface area contributed by atoms with Gasteiger partial charge in [-0.3, -0.25) is 14.4 Å². The van der Waals surface area contributed by atoms with E-state index < -0.39 is 0 Å². The standard InChI is InChI=1S/C23H30N4O4/c1-4-21(28)26-19-7-5-8-20(16(19)2)27-22(29)15-25-18-11-9-17(10-12-18)23(30)24-13-6-14-31-3/h5,7-12,25H,4,6,13-15H2,1-3H3,(H,24,30)(H,26,28)(H,27,29). The van der Waals surface area contributed by atoms with E-state index in [2.05, 4.69) is 21.3 Å². The summed E-state index contributed by atoms with van der Waals surface area (Å²) in [6.45, 7) is 4.84. The smallest absolute Gasteiger partial charge is 0.251 e. The molecular formula is C23H30N4O4. The highest BCUT2D eigenvalue weighted by atomic mass is 16.5. The summed E-state index contributed by atoms with van der Waals surface area (Å²) < 4.78 is 4.95. The summed E-state index contributed by atoms with van der Waals surface area (Å²) >= 11 is 0. The maximum absolute atomic E-state index is 12.3. The summed E-state index contributed by atoms with van der Waals surface area (Å²) in [4.78, 5) is 36.0. The Labute approximate surface area is 182 Å². The van der Waals surface area contributed by atoms with Crippen molar-refractivity contribution in [3.8, 4) is 0 Å². The van der Waals surface area contributed by atoms with Crippen LogP contribution in [0, 0.1) is 6.92 Å². The number of hydrogen-bond donors (Lipinski definition) is 4. The van der Waals surface area contributed by atoms with Crippen LogP contribution in [0.3, 0.4) is 0 Å². The molecule has 0 atom stereocenters. The van der Waals surface area contributed by atoms with Gasteiger partial charge in [-0.2, -0.15) is 0 Å². The molecule has 4 N–H and O–H groups in total. The van der Waals surface area contributed by atoms with Gasteiger partial charge in [0.25, 0.3) is 5.91 Å². The van der Waals surface area contributed by atoms with E-state index in [1.54, 1.807) is 56.5 Å². The van der Waals surface area contributed by atoms with Crippen LogP contribution in [0.5, 0.6) is 0 Å². The fraction of sp³-hybridized carbons (Fsp3) is 0.348. The van der Waals surface area contributed by atoms with Crippen LogP contribution < -0.4 is 21.3 Å². The predicted molar refractivity (Wildman–Crippen MR) is 122 cm³/mol. The number of ether oxygens (including phenoxy) is 1. The van der Waals surface area contributed by atoms with Crippen molar-refractivity contribution < 1.29 is 19.1 Å².